The van der Waals surface area contributed by atoms with Gasteiger partial charge in [-0.1, -0.05) is 48.5 Å². The maximum atomic E-state index is 12.9. The van der Waals surface area contributed by atoms with Gasteiger partial charge in [0.15, 0.2) is 0 Å². The van der Waals surface area contributed by atoms with Crippen LogP contribution in [0.15, 0.2) is 48.5 Å². The molecular weight excluding hydrogens is 432 g/mol. The first-order valence-electron chi connectivity index (χ1n) is 12.1. The van der Waals surface area contributed by atoms with Gasteiger partial charge in [0.25, 0.3) is 0 Å². The highest BCUT2D eigenvalue weighted by atomic mass is 16.5. The van der Waals surface area contributed by atoms with E-state index in [4.69, 9.17) is 4.74 Å². The number of hydrogen-bond acceptors (Lipinski definition) is 4. The lowest BCUT2D eigenvalue weighted by atomic mass is 9.97. The fourth-order valence-electron chi connectivity index (χ4n) is 5.35. The SMILES string of the molecule is O=C(NC(CC(=O)N1CCCC(C(=O)O)C1)C1CC1)OCC1c2ccccc2-c2ccccc21. The summed E-state index contributed by atoms with van der Waals surface area (Å²) >= 11 is 0. The van der Waals surface area contributed by atoms with Crippen LogP contribution in [0.5, 0.6) is 0 Å². The highest BCUT2D eigenvalue weighted by molar-refractivity contribution is 5.80. The zero-order chi connectivity index (χ0) is 23.7. The second-order valence-corrected chi connectivity index (χ2v) is 9.64. The summed E-state index contributed by atoms with van der Waals surface area (Å²) in [5.74, 6) is -1.20. The van der Waals surface area contributed by atoms with Gasteiger partial charge in [-0.25, -0.2) is 4.79 Å². The van der Waals surface area contributed by atoms with Crippen molar-refractivity contribution in [3.8, 4) is 11.1 Å². The van der Waals surface area contributed by atoms with Gasteiger partial charge in [0.2, 0.25) is 5.91 Å². The highest BCUT2D eigenvalue weighted by Gasteiger charge is 2.37. The Bertz CT molecular complexity index is 1050. The van der Waals surface area contributed by atoms with Crippen molar-refractivity contribution >= 4 is 18.0 Å². The minimum absolute atomic E-state index is 0.0135. The Hall–Kier alpha value is -3.35. The molecule has 1 heterocycles. The van der Waals surface area contributed by atoms with Crippen molar-refractivity contribution in [2.24, 2.45) is 11.8 Å². The van der Waals surface area contributed by atoms with E-state index < -0.39 is 18.0 Å². The first-order valence-corrected chi connectivity index (χ1v) is 12.1. The van der Waals surface area contributed by atoms with Gasteiger partial charge < -0.3 is 20.1 Å². The van der Waals surface area contributed by atoms with Crippen molar-refractivity contribution in [1.29, 1.82) is 0 Å². The first-order chi connectivity index (χ1) is 16.5. The van der Waals surface area contributed by atoms with Crippen molar-refractivity contribution in [1.82, 2.24) is 10.2 Å². The molecule has 7 nitrogen and oxygen atoms in total. The monoisotopic (exact) mass is 462 g/mol. The Kier molecular flexibility index (Phi) is 6.26. The van der Waals surface area contributed by atoms with Crippen LogP contribution in [-0.2, 0) is 14.3 Å². The van der Waals surface area contributed by atoms with E-state index in [0.717, 1.165) is 24.0 Å². The molecule has 2 aromatic carbocycles. The number of fused-ring (bicyclic) bond motifs is 3. The molecule has 0 aromatic heterocycles. The quantitative estimate of drug-likeness (QED) is 0.648. The molecule has 1 saturated carbocycles. The van der Waals surface area contributed by atoms with E-state index in [2.05, 4.69) is 29.6 Å². The van der Waals surface area contributed by atoms with Crippen LogP contribution in [0, 0.1) is 11.8 Å². The molecule has 3 aliphatic rings. The number of carboxylic acid groups (broad SMARTS) is 1. The van der Waals surface area contributed by atoms with Gasteiger partial charge in [0.05, 0.1) is 5.92 Å². The Morgan fingerprint density at radius 1 is 1.00 bits per heavy atom. The van der Waals surface area contributed by atoms with Crippen LogP contribution < -0.4 is 5.32 Å². The molecule has 178 valence electrons. The molecule has 2 atom stereocenters. The second-order valence-electron chi connectivity index (χ2n) is 9.64. The van der Waals surface area contributed by atoms with E-state index in [-0.39, 0.29) is 43.4 Å². The zero-order valence-corrected chi connectivity index (χ0v) is 19.1. The molecule has 0 spiro atoms. The number of carbonyl (C=O) groups is 3. The third kappa shape index (κ3) is 4.65. The Morgan fingerprint density at radius 2 is 1.65 bits per heavy atom. The zero-order valence-electron chi connectivity index (χ0n) is 19.1. The maximum absolute atomic E-state index is 12.9. The summed E-state index contributed by atoms with van der Waals surface area (Å²) in [4.78, 5) is 38.6. The third-order valence-corrected chi connectivity index (χ3v) is 7.36. The van der Waals surface area contributed by atoms with Crippen LogP contribution in [0.1, 0.15) is 49.1 Å². The molecule has 2 unspecified atom stereocenters. The number of carboxylic acids is 1. The van der Waals surface area contributed by atoms with Gasteiger partial charge in [-0.05, 0) is 53.9 Å². The summed E-state index contributed by atoms with van der Waals surface area (Å²) in [6.45, 7) is 1.05. The fraction of sp³-hybridized carbons (Fsp3) is 0.444. The molecule has 2 N–H and O–H groups in total. The summed E-state index contributed by atoms with van der Waals surface area (Å²) in [7, 11) is 0. The van der Waals surface area contributed by atoms with E-state index in [1.165, 1.54) is 11.1 Å². The number of ether oxygens (including phenoxy) is 1. The summed E-state index contributed by atoms with van der Waals surface area (Å²) in [5, 5.41) is 12.2. The summed E-state index contributed by atoms with van der Waals surface area (Å²) in [5.41, 5.74) is 4.66. The Labute approximate surface area is 199 Å². The number of likely N-dealkylation sites (tertiary alicyclic amines) is 1. The summed E-state index contributed by atoms with van der Waals surface area (Å²) in [6, 6.07) is 16.1. The van der Waals surface area contributed by atoms with E-state index in [1.807, 2.05) is 24.3 Å². The summed E-state index contributed by atoms with van der Waals surface area (Å²) < 4.78 is 5.67. The van der Waals surface area contributed by atoms with Crippen LogP contribution in [0.2, 0.25) is 0 Å². The Morgan fingerprint density at radius 3 is 2.26 bits per heavy atom. The smallest absolute Gasteiger partial charge is 0.407 e. The van der Waals surface area contributed by atoms with Crippen LogP contribution in [0.3, 0.4) is 0 Å². The predicted octanol–water partition coefficient (Wildman–Crippen LogP) is 4.02. The van der Waals surface area contributed by atoms with Crippen molar-refractivity contribution in [3.05, 3.63) is 59.7 Å². The number of rotatable bonds is 7. The lowest BCUT2D eigenvalue weighted by molar-refractivity contribution is -0.145. The van der Waals surface area contributed by atoms with Crippen LogP contribution >= 0.6 is 0 Å². The molecule has 2 aliphatic carbocycles. The number of nitrogens with one attached hydrogen (secondary N) is 1. The molecule has 2 amide bonds. The normalized spacial score (nSPS) is 20.2. The number of carbonyl (C=O) groups excluding carboxylic acids is 2. The van der Waals surface area contributed by atoms with Crippen LogP contribution in [0.4, 0.5) is 4.79 Å². The molecule has 2 fully saturated rings. The van der Waals surface area contributed by atoms with E-state index in [0.29, 0.717) is 19.4 Å². The highest BCUT2D eigenvalue weighted by Crippen LogP contribution is 2.44. The number of benzene rings is 2. The molecule has 5 rings (SSSR count). The van der Waals surface area contributed by atoms with Gasteiger partial charge in [0, 0.05) is 31.5 Å². The van der Waals surface area contributed by atoms with Crippen LogP contribution in [-0.4, -0.2) is 53.7 Å². The largest absolute Gasteiger partial charge is 0.481 e. The van der Waals surface area contributed by atoms with Gasteiger partial charge >= 0.3 is 12.1 Å². The molecule has 0 bridgehead atoms. The number of alkyl carbamates (subject to hydrolysis) is 1. The predicted molar refractivity (Wildman–Crippen MR) is 126 cm³/mol. The van der Waals surface area contributed by atoms with Gasteiger partial charge in [-0.3, -0.25) is 9.59 Å². The lowest BCUT2D eigenvalue weighted by Crippen LogP contribution is -2.46. The van der Waals surface area contributed by atoms with Crippen molar-refractivity contribution in [2.45, 2.75) is 44.1 Å². The first kappa shape index (κ1) is 22.4. The summed E-state index contributed by atoms with van der Waals surface area (Å²) in [6.07, 6.45) is 2.91. The van der Waals surface area contributed by atoms with Gasteiger partial charge in [-0.15, -0.1) is 0 Å². The molecule has 1 saturated heterocycles. The van der Waals surface area contributed by atoms with E-state index in [1.54, 1.807) is 4.90 Å². The number of amides is 2. The van der Waals surface area contributed by atoms with Gasteiger partial charge in [0.1, 0.15) is 6.61 Å². The van der Waals surface area contributed by atoms with Crippen LogP contribution in [0.25, 0.3) is 11.1 Å². The maximum Gasteiger partial charge on any atom is 0.407 e. The molecular formula is C27H30N2O5. The molecule has 0 radical (unpaired) electrons. The number of nitrogens with zero attached hydrogens (tertiary/aromatic N) is 1. The molecule has 7 heteroatoms. The Balaban J connectivity index is 1.19. The second kappa shape index (κ2) is 9.49. The number of hydrogen-bond donors (Lipinski definition) is 2. The molecule has 34 heavy (non-hydrogen) atoms. The topological polar surface area (TPSA) is 95.9 Å². The fourth-order valence-corrected chi connectivity index (χ4v) is 5.35. The average molecular weight is 463 g/mol. The van der Waals surface area contributed by atoms with Crippen molar-refractivity contribution in [2.75, 3.05) is 19.7 Å². The standard InChI is InChI=1S/C27H30N2O5/c30-25(29-13-5-6-18(15-29)26(31)32)14-24(17-11-12-17)28-27(33)34-16-23-21-9-3-1-7-19(21)20-8-2-4-10-22(20)23/h1-4,7-10,17-18,23-24H,5-6,11-16H2,(H,28,33)(H,31,32). The molecule has 1 aliphatic heterocycles. The van der Waals surface area contributed by atoms with E-state index >= 15 is 0 Å². The average Bonchev–Trinajstić information content (AvgIpc) is 3.65. The van der Waals surface area contributed by atoms with Gasteiger partial charge in [-0.2, -0.15) is 0 Å². The molecule has 2 aromatic rings. The van der Waals surface area contributed by atoms with Crippen molar-refractivity contribution in [3.63, 3.8) is 0 Å². The number of aliphatic carboxylic acids is 1. The lowest BCUT2D eigenvalue weighted by Gasteiger charge is -2.32. The number of piperidine rings is 1. The third-order valence-electron chi connectivity index (χ3n) is 7.36. The van der Waals surface area contributed by atoms with Crippen molar-refractivity contribution < 1.29 is 24.2 Å². The minimum atomic E-state index is -0.854. The van der Waals surface area contributed by atoms with E-state index in [9.17, 15) is 19.5 Å². The minimum Gasteiger partial charge on any atom is -0.481 e.